The van der Waals surface area contributed by atoms with Crippen LogP contribution in [0, 0.1) is 16.2 Å². The number of esters is 1. The van der Waals surface area contributed by atoms with Gasteiger partial charge in [0.15, 0.2) is 0 Å². The molecule has 2 rings (SSSR count). The SMILES string of the molecule is C=C/C(=C\C=C(/C=C)NC(=C)[C@H](CC1(C)CC1(C)C)NC(=O)C1(C(=O)NCCCCCC)CCC1)COC(C)=O. The second-order valence-electron chi connectivity index (χ2n) is 12.3. The van der Waals surface area contributed by atoms with Crippen LogP contribution < -0.4 is 16.0 Å². The molecule has 2 aliphatic carbocycles. The highest BCUT2D eigenvalue weighted by molar-refractivity contribution is 6.06. The highest BCUT2D eigenvalue weighted by Crippen LogP contribution is 2.65. The minimum absolute atomic E-state index is 0.0435. The maximum Gasteiger partial charge on any atom is 0.302 e. The zero-order valence-corrected chi connectivity index (χ0v) is 25.4. The Morgan fingerprint density at radius 3 is 2.17 bits per heavy atom. The number of carbonyl (C=O) groups excluding carboxylic acids is 3. The maximum absolute atomic E-state index is 13.7. The highest BCUT2D eigenvalue weighted by Gasteiger charge is 2.58. The van der Waals surface area contributed by atoms with E-state index < -0.39 is 5.41 Å². The molecule has 2 amide bonds. The lowest BCUT2D eigenvalue weighted by molar-refractivity contribution is -0.150. The summed E-state index contributed by atoms with van der Waals surface area (Å²) in [6.45, 7) is 22.9. The molecular formula is C33H51N3O4. The second kappa shape index (κ2) is 14.5. The minimum atomic E-state index is -1.02. The lowest BCUT2D eigenvalue weighted by atomic mass is 9.67. The third kappa shape index (κ3) is 8.70. The van der Waals surface area contributed by atoms with Gasteiger partial charge in [0.1, 0.15) is 12.0 Å². The van der Waals surface area contributed by atoms with Crippen LogP contribution in [-0.2, 0) is 19.1 Å². The molecule has 7 nitrogen and oxygen atoms in total. The largest absolute Gasteiger partial charge is 0.461 e. The van der Waals surface area contributed by atoms with Crippen molar-refractivity contribution in [2.24, 2.45) is 16.2 Å². The van der Waals surface area contributed by atoms with Gasteiger partial charge in [-0.2, -0.15) is 0 Å². The zero-order valence-electron chi connectivity index (χ0n) is 25.4. The summed E-state index contributed by atoms with van der Waals surface area (Å²) in [5, 5.41) is 9.55. The molecule has 1 unspecified atom stereocenters. The number of amides is 2. The molecule has 2 aliphatic rings. The maximum atomic E-state index is 13.7. The van der Waals surface area contributed by atoms with Gasteiger partial charge < -0.3 is 20.7 Å². The molecule has 0 heterocycles. The summed E-state index contributed by atoms with van der Waals surface area (Å²) in [7, 11) is 0. The van der Waals surface area contributed by atoms with E-state index in [0.29, 0.717) is 37.2 Å². The molecule has 222 valence electrons. The van der Waals surface area contributed by atoms with Crippen molar-refractivity contribution in [3.63, 3.8) is 0 Å². The van der Waals surface area contributed by atoms with Gasteiger partial charge in [-0.25, -0.2) is 0 Å². The number of carbonyl (C=O) groups is 3. The minimum Gasteiger partial charge on any atom is -0.461 e. The van der Waals surface area contributed by atoms with Gasteiger partial charge in [-0.05, 0) is 60.7 Å². The van der Waals surface area contributed by atoms with Crippen molar-refractivity contribution in [2.75, 3.05) is 13.2 Å². The van der Waals surface area contributed by atoms with Crippen molar-refractivity contribution >= 4 is 17.8 Å². The second-order valence-corrected chi connectivity index (χ2v) is 12.3. The van der Waals surface area contributed by atoms with Gasteiger partial charge in [0, 0.05) is 24.9 Å². The van der Waals surface area contributed by atoms with Crippen LogP contribution in [0.4, 0.5) is 0 Å². The Morgan fingerprint density at radius 2 is 1.68 bits per heavy atom. The number of ether oxygens (including phenoxy) is 1. The summed E-state index contributed by atoms with van der Waals surface area (Å²) >= 11 is 0. The smallest absolute Gasteiger partial charge is 0.302 e. The number of nitrogens with one attached hydrogen (secondary N) is 3. The summed E-state index contributed by atoms with van der Waals surface area (Å²) in [5.74, 6) is -0.750. The molecule has 0 aromatic heterocycles. The summed E-state index contributed by atoms with van der Waals surface area (Å²) < 4.78 is 5.06. The van der Waals surface area contributed by atoms with Crippen LogP contribution in [0.25, 0.3) is 0 Å². The first kappa shape index (κ1) is 33.1. The molecule has 0 aromatic rings. The van der Waals surface area contributed by atoms with E-state index in [2.05, 4.69) is 63.4 Å². The van der Waals surface area contributed by atoms with Gasteiger partial charge in [0.05, 0.1) is 6.04 Å². The predicted molar refractivity (Wildman–Crippen MR) is 162 cm³/mol. The third-order valence-electron chi connectivity index (χ3n) is 8.82. The Morgan fingerprint density at radius 1 is 1.00 bits per heavy atom. The van der Waals surface area contributed by atoms with Crippen LogP contribution in [-0.4, -0.2) is 37.0 Å². The van der Waals surface area contributed by atoms with Crippen molar-refractivity contribution in [1.82, 2.24) is 16.0 Å². The average Bonchev–Trinajstić information content (AvgIpc) is 3.37. The van der Waals surface area contributed by atoms with E-state index >= 15 is 0 Å². The Bertz CT molecular complexity index is 1030. The molecule has 0 radical (unpaired) electrons. The first-order chi connectivity index (χ1) is 18.8. The predicted octanol–water partition coefficient (Wildman–Crippen LogP) is 6.01. The van der Waals surface area contributed by atoms with E-state index in [-0.39, 0.29) is 41.3 Å². The number of rotatable bonds is 18. The average molecular weight is 554 g/mol. The molecule has 2 fully saturated rings. The molecule has 0 aromatic carbocycles. The Balaban J connectivity index is 2.17. The summed E-state index contributed by atoms with van der Waals surface area (Å²) in [6, 6.07) is -0.374. The number of hydrogen-bond donors (Lipinski definition) is 3. The lowest BCUT2D eigenvalue weighted by Crippen LogP contribution is -2.58. The Hall–Kier alpha value is -3.09. The topological polar surface area (TPSA) is 96.5 Å². The van der Waals surface area contributed by atoms with Crippen LogP contribution in [0.1, 0.15) is 92.4 Å². The van der Waals surface area contributed by atoms with Gasteiger partial charge in [-0.15, -0.1) is 0 Å². The van der Waals surface area contributed by atoms with Crippen LogP contribution in [0.3, 0.4) is 0 Å². The van der Waals surface area contributed by atoms with E-state index in [1.165, 1.54) is 6.92 Å². The third-order valence-corrected chi connectivity index (χ3v) is 8.82. The van der Waals surface area contributed by atoms with Crippen LogP contribution in [0.2, 0.25) is 0 Å². The van der Waals surface area contributed by atoms with Gasteiger partial charge in [-0.3, -0.25) is 14.4 Å². The quantitative estimate of drug-likeness (QED) is 0.0836. The molecule has 0 aliphatic heterocycles. The van der Waals surface area contributed by atoms with Gasteiger partial charge in [0.2, 0.25) is 11.8 Å². The molecule has 3 N–H and O–H groups in total. The van der Waals surface area contributed by atoms with E-state index in [9.17, 15) is 14.4 Å². The molecular weight excluding hydrogens is 502 g/mol. The van der Waals surface area contributed by atoms with Crippen LogP contribution in [0.15, 0.2) is 61.0 Å². The summed E-state index contributed by atoms with van der Waals surface area (Å²) in [5.41, 5.74) is 1.23. The number of hydrogen-bond acceptors (Lipinski definition) is 5. The van der Waals surface area contributed by atoms with Crippen LogP contribution in [0.5, 0.6) is 0 Å². The fourth-order valence-electron chi connectivity index (χ4n) is 5.29. The molecule has 7 heteroatoms. The summed E-state index contributed by atoms with van der Waals surface area (Å²) in [4.78, 5) is 38.1. The van der Waals surface area contributed by atoms with Crippen LogP contribution >= 0.6 is 0 Å². The van der Waals surface area contributed by atoms with Crippen molar-refractivity contribution in [2.45, 2.75) is 98.4 Å². The first-order valence-electron chi connectivity index (χ1n) is 14.7. The fourth-order valence-corrected chi connectivity index (χ4v) is 5.29. The Kier molecular flexibility index (Phi) is 12.0. The van der Waals surface area contributed by atoms with Crippen molar-refractivity contribution in [3.05, 3.63) is 61.0 Å². The Labute approximate surface area is 241 Å². The van der Waals surface area contributed by atoms with E-state index in [0.717, 1.165) is 44.1 Å². The van der Waals surface area contributed by atoms with Gasteiger partial charge in [-0.1, -0.05) is 85.3 Å². The van der Waals surface area contributed by atoms with E-state index in [1.807, 2.05) is 0 Å². The fraction of sp³-hybridized carbons (Fsp3) is 0.606. The first-order valence-corrected chi connectivity index (χ1v) is 14.7. The molecule has 0 spiro atoms. The monoisotopic (exact) mass is 553 g/mol. The van der Waals surface area contributed by atoms with E-state index in [4.69, 9.17) is 4.74 Å². The molecule has 2 atom stereocenters. The van der Waals surface area contributed by atoms with Crippen molar-refractivity contribution in [1.29, 1.82) is 0 Å². The molecule has 40 heavy (non-hydrogen) atoms. The van der Waals surface area contributed by atoms with E-state index in [1.54, 1.807) is 24.3 Å². The molecule has 0 bridgehead atoms. The zero-order chi connectivity index (χ0) is 30.0. The van der Waals surface area contributed by atoms with Gasteiger partial charge >= 0.3 is 5.97 Å². The standard InChI is InChI=1S/C33H51N3O4/c1-9-12-13-14-20-34-29(38)33(18-15-19-33)30(39)36-28(21-32(8)23-31(32,6)7)24(4)35-27(11-3)17-16-26(10-2)22-40-25(5)37/h10-11,16-17,28,35H,2-4,9,12-15,18-23H2,1,5-8H3,(H,34,38)(H,36,39)/b26-16+,27-17+/t28-,32?/m0/s1. The molecule has 2 saturated carbocycles. The number of allylic oxidation sites excluding steroid dienone is 3. The normalized spacial score (nSPS) is 21.7. The van der Waals surface area contributed by atoms with Crippen molar-refractivity contribution in [3.8, 4) is 0 Å². The van der Waals surface area contributed by atoms with Gasteiger partial charge in [0.25, 0.3) is 0 Å². The lowest BCUT2D eigenvalue weighted by Gasteiger charge is -2.40. The highest BCUT2D eigenvalue weighted by atomic mass is 16.5. The van der Waals surface area contributed by atoms with Crippen molar-refractivity contribution < 1.29 is 19.1 Å². The number of unbranched alkanes of at least 4 members (excludes halogenated alkanes) is 3. The summed E-state index contributed by atoms with van der Waals surface area (Å²) in [6.07, 6.45) is 14.9. The molecule has 0 saturated heterocycles.